The summed E-state index contributed by atoms with van der Waals surface area (Å²) in [5.74, 6) is 0.963. The van der Waals surface area contributed by atoms with Crippen LogP contribution in [0.4, 0.5) is 0 Å². The summed E-state index contributed by atoms with van der Waals surface area (Å²) >= 11 is 0. The van der Waals surface area contributed by atoms with Gasteiger partial charge in [-0.1, -0.05) is 13.8 Å². The SMILES string of the molecule is CC(C)CC(CN(C)C)NC(=O)C1CCCNC1C. The first-order chi connectivity index (χ1) is 8.90. The standard InChI is InChI=1S/C15H31N3O/c1-11(2)9-13(10-18(4)5)17-15(19)14-7-6-8-16-12(14)3/h11-14,16H,6-10H2,1-5H3,(H,17,19). The van der Waals surface area contributed by atoms with Crippen LogP contribution in [0.15, 0.2) is 0 Å². The second-order valence-corrected chi connectivity index (χ2v) is 6.59. The maximum atomic E-state index is 12.4. The molecule has 2 N–H and O–H groups in total. The van der Waals surface area contributed by atoms with Crippen molar-refractivity contribution in [2.24, 2.45) is 11.8 Å². The van der Waals surface area contributed by atoms with Gasteiger partial charge in [0.25, 0.3) is 0 Å². The summed E-state index contributed by atoms with van der Waals surface area (Å²) < 4.78 is 0. The third-order valence-corrected chi connectivity index (χ3v) is 3.79. The number of carbonyl (C=O) groups excluding carboxylic acids is 1. The number of nitrogens with zero attached hydrogens (tertiary/aromatic N) is 1. The zero-order valence-electron chi connectivity index (χ0n) is 13.2. The molecule has 19 heavy (non-hydrogen) atoms. The van der Waals surface area contributed by atoms with E-state index in [0.29, 0.717) is 12.0 Å². The van der Waals surface area contributed by atoms with Gasteiger partial charge in [-0.3, -0.25) is 4.79 Å². The van der Waals surface area contributed by atoms with Crippen molar-refractivity contribution in [3.63, 3.8) is 0 Å². The third kappa shape index (κ3) is 5.91. The van der Waals surface area contributed by atoms with E-state index in [2.05, 4.69) is 50.4 Å². The molecule has 112 valence electrons. The van der Waals surface area contributed by atoms with Crippen LogP contribution in [0.25, 0.3) is 0 Å². The van der Waals surface area contributed by atoms with Gasteiger partial charge in [-0.05, 0) is 52.7 Å². The highest BCUT2D eigenvalue weighted by Gasteiger charge is 2.29. The van der Waals surface area contributed by atoms with E-state index in [1.165, 1.54) is 0 Å². The highest BCUT2D eigenvalue weighted by molar-refractivity contribution is 5.79. The van der Waals surface area contributed by atoms with Gasteiger partial charge in [0.15, 0.2) is 0 Å². The molecule has 1 heterocycles. The summed E-state index contributed by atoms with van der Waals surface area (Å²) in [7, 11) is 4.12. The molecule has 4 nitrogen and oxygen atoms in total. The van der Waals surface area contributed by atoms with E-state index in [-0.39, 0.29) is 17.9 Å². The van der Waals surface area contributed by atoms with Gasteiger partial charge in [0.1, 0.15) is 0 Å². The molecule has 1 amide bonds. The zero-order chi connectivity index (χ0) is 14.4. The lowest BCUT2D eigenvalue weighted by molar-refractivity contribution is -0.127. The Morgan fingerprint density at radius 2 is 2.11 bits per heavy atom. The number of hydrogen-bond donors (Lipinski definition) is 2. The van der Waals surface area contributed by atoms with Crippen LogP contribution >= 0.6 is 0 Å². The number of rotatable bonds is 6. The van der Waals surface area contributed by atoms with Crippen LogP contribution in [0.2, 0.25) is 0 Å². The van der Waals surface area contributed by atoms with Crippen molar-refractivity contribution < 1.29 is 4.79 Å². The minimum Gasteiger partial charge on any atom is -0.352 e. The van der Waals surface area contributed by atoms with E-state index in [1.54, 1.807) is 0 Å². The lowest BCUT2D eigenvalue weighted by atomic mass is 9.90. The van der Waals surface area contributed by atoms with Crippen LogP contribution in [0, 0.1) is 11.8 Å². The van der Waals surface area contributed by atoms with Crippen LogP contribution in [-0.2, 0) is 4.79 Å². The second-order valence-electron chi connectivity index (χ2n) is 6.59. The van der Waals surface area contributed by atoms with Gasteiger partial charge in [-0.15, -0.1) is 0 Å². The number of piperidine rings is 1. The van der Waals surface area contributed by atoms with Crippen LogP contribution in [-0.4, -0.2) is 50.1 Å². The fraction of sp³-hybridized carbons (Fsp3) is 0.933. The molecule has 0 aromatic heterocycles. The lowest BCUT2D eigenvalue weighted by Crippen LogP contribution is -2.51. The lowest BCUT2D eigenvalue weighted by Gasteiger charge is -2.31. The molecule has 0 aliphatic carbocycles. The summed E-state index contributed by atoms with van der Waals surface area (Å²) in [6.07, 6.45) is 3.15. The maximum Gasteiger partial charge on any atom is 0.224 e. The molecule has 0 bridgehead atoms. The van der Waals surface area contributed by atoms with E-state index in [0.717, 1.165) is 32.4 Å². The van der Waals surface area contributed by atoms with Gasteiger partial charge in [-0.25, -0.2) is 0 Å². The van der Waals surface area contributed by atoms with Crippen molar-refractivity contribution in [1.82, 2.24) is 15.5 Å². The smallest absolute Gasteiger partial charge is 0.224 e. The average Bonchev–Trinajstić information content (AvgIpc) is 2.27. The predicted octanol–water partition coefficient (Wildman–Crippen LogP) is 1.47. The normalized spacial score (nSPS) is 25.6. The Morgan fingerprint density at radius 3 is 2.63 bits per heavy atom. The van der Waals surface area contributed by atoms with Gasteiger partial charge >= 0.3 is 0 Å². The zero-order valence-corrected chi connectivity index (χ0v) is 13.2. The fourth-order valence-electron chi connectivity index (χ4n) is 2.90. The number of carbonyl (C=O) groups is 1. The van der Waals surface area contributed by atoms with E-state index < -0.39 is 0 Å². The average molecular weight is 269 g/mol. The van der Waals surface area contributed by atoms with Gasteiger partial charge in [0.2, 0.25) is 5.91 Å². The summed E-state index contributed by atoms with van der Waals surface area (Å²) in [4.78, 5) is 14.6. The van der Waals surface area contributed by atoms with E-state index in [1.807, 2.05) is 0 Å². The molecular weight excluding hydrogens is 238 g/mol. The van der Waals surface area contributed by atoms with Crippen molar-refractivity contribution in [3.05, 3.63) is 0 Å². The van der Waals surface area contributed by atoms with Gasteiger partial charge in [0.05, 0.1) is 5.92 Å². The first-order valence-corrected chi connectivity index (χ1v) is 7.58. The van der Waals surface area contributed by atoms with Crippen molar-refractivity contribution in [2.45, 2.75) is 52.1 Å². The minimum atomic E-state index is 0.130. The van der Waals surface area contributed by atoms with Crippen molar-refractivity contribution >= 4 is 5.91 Å². The van der Waals surface area contributed by atoms with Gasteiger partial charge in [0, 0.05) is 18.6 Å². The van der Waals surface area contributed by atoms with Crippen LogP contribution in [0.3, 0.4) is 0 Å². The molecule has 1 rings (SSSR count). The van der Waals surface area contributed by atoms with Crippen LogP contribution in [0.5, 0.6) is 0 Å². The quantitative estimate of drug-likeness (QED) is 0.767. The Bertz CT molecular complexity index is 269. The molecule has 1 aliphatic rings. The molecule has 3 unspecified atom stereocenters. The molecule has 4 heteroatoms. The summed E-state index contributed by atoms with van der Waals surface area (Å²) in [5, 5.41) is 6.66. The summed E-state index contributed by atoms with van der Waals surface area (Å²) in [6, 6.07) is 0.560. The molecule has 1 fully saturated rings. The van der Waals surface area contributed by atoms with E-state index >= 15 is 0 Å². The Balaban J connectivity index is 2.53. The van der Waals surface area contributed by atoms with E-state index in [4.69, 9.17) is 0 Å². The first kappa shape index (κ1) is 16.4. The number of likely N-dealkylation sites (N-methyl/N-ethyl adjacent to an activating group) is 1. The minimum absolute atomic E-state index is 0.130. The number of amides is 1. The van der Waals surface area contributed by atoms with Crippen molar-refractivity contribution in [3.8, 4) is 0 Å². The second kappa shape index (κ2) is 7.85. The van der Waals surface area contributed by atoms with Crippen molar-refractivity contribution in [2.75, 3.05) is 27.2 Å². The molecule has 3 atom stereocenters. The molecule has 0 radical (unpaired) electrons. The topological polar surface area (TPSA) is 44.4 Å². The maximum absolute atomic E-state index is 12.4. The number of nitrogens with one attached hydrogen (secondary N) is 2. The summed E-state index contributed by atoms with van der Waals surface area (Å²) in [6.45, 7) is 8.49. The molecule has 0 saturated carbocycles. The highest BCUT2D eigenvalue weighted by atomic mass is 16.2. The highest BCUT2D eigenvalue weighted by Crippen LogP contribution is 2.17. The largest absolute Gasteiger partial charge is 0.352 e. The molecule has 0 aromatic carbocycles. The first-order valence-electron chi connectivity index (χ1n) is 7.58. The summed E-state index contributed by atoms with van der Waals surface area (Å²) in [5.41, 5.74) is 0. The Morgan fingerprint density at radius 1 is 1.42 bits per heavy atom. The predicted molar refractivity (Wildman–Crippen MR) is 80.1 cm³/mol. The fourth-order valence-corrected chi connectivity index (χ4v) is 2.90. The number of hydrogen-bond acceptors (Lipinski definition) is 3. The van der Waals surface area contributed by atoms with Crippen molar-refractivity contribution in [1.29, 1.82) is 0 Å². The monoisotopic (exact) mass is 269 g/mol. The Kier molecular flexibility index (Phi) is 6.80. The molecule has 1 saturated heterocycles. The Hall–Kier alpha value is -0.610. The molecule has 0 spiro atoms. The van der Waals surface area contributed by atoms with Gasteiger partial charge in [-0.2, -0.15) is 0 Å². The molecule has 1 aliphatic heterocycles. The van der Waals surface area contributed by atoms with Crippen LogP contribution < -0.4 is 10.6 Å². The van der Waals surface area contributed by atoms with E-state index in [9.17, 15) is 4.79 Å². The van der Waals surface area contributed by atoms with Gasteiger partial charge < -0.3 is 15.5 Å². The molecule has 0 aromatic rings. The van der Waals surface area contributed by atoms with Crippen LogP contribution in [0.1, 0.15) is 40.0 Å². The Labute approximate surface area is 118 Å². The molecular formula is C15H31N3O. The third-order valence-electron chi connectivity index (χ3n) is 3.79.